The van der Waals surface area contributed by atoms with Gasteiger partial charge in [-0.05, 0) is 25.5 Å². The molecular weight excluding hydrogens is 250 g/mol. The molecule has 0 spiro atoms. The summed E-state index contributed by atoms with van der Waals surface area (Å²) in [5.74, 6) is -1.32. The number of amides is 1. The van der Waals surface area contributed by atoms with Gasteiger partial charge in [0, 0.05) is 0 Å². The number of nitrogens with one attached hydrogen (secondary N) is 1. The molecule has 1 aromatic carbocycles. The van der Waals surface area contributed by atoms with E-state index in [-0.39, 0.29) is 6.61 Å². The summed E-state index contributed by atoms with van der Waals surface area (Å²) in [7, 11) is 0. The van der Waals surface area contributed by atoms with Crippen LogP contribution < -0.4 is 10.1 Å². The number of aliphatic hydroxyl groups excluding tert-OH is 1. The van der Waals surface area contributed by atoms with Gasteiger partial charge in [-0.1, -0.05) is 17.7 Å². The van der Waals surface area contributed by atoms with Crippen LogP contribution in [-0.2, 0) is 9.59 Å². The normalized spacial score (nSPS) is 11.7. The Hall–Kier alpha value is -2.08. The average molecular weight is 267 g/mol. The first kappa shape index (κ1) is 15.0. The van der Waals surface area contributed by atoms with Crippen LogP contribution in [0.15, 0.2) is 18.2 Å². The summed E-state index contributed by atoms with van der Waals surface area (Å²) in [4.78, 5) is 22.1. The minimum absolute atomic E-state index is 0.298. The molecule has 0 heterocycles. The van der Waals surface area contributed by atoms with E-state index in [2.05, 4.69) is 5.32 Å². The van der Waals surface area contributed by atoms with E-state index >= 15 is 0 Å². The number of aliphatic carboxylic acids is 1. The van der Waals surface area contributed by atoms with Crippen LogP contribution >= 0.6 is 0 Å². The highest BCUT2D eigenvalue weighted by atomic mass is 16.5. The first-order chi connectivity index (χ1) is 8.93. The summed E-state index contributed by atoms with van der Waals surface area (Å²) < 4.78 is 5.29. The Bertz CT molecular complexity index is 472. The molecule has 0 unspecified atom stereocenters. The molecule has 104 valence electrons. The van der Waals surface area contributed by atoms with Crippen molar-refractivity contribution >= 4 is 11.9 Å². The van der Waals surface area contributed by atoms with Gasteiger partial charge in [0.05, 0.1) is 6.61 Å². The van der Waals surface area contributed by atoms with Gasteiger partial charge in [0.25, 0.3) is 5.91 Å². The summed E-state index contributed by atoms with van der Waals surface area (Å²) in [5, 5.41) is 19.6. The fourth-order valence-electron chi connectivity index (χ4n) is 1.53. The van der Waals surface area contributed by atoms with Crippen molar-refractivity contribution in [2.24, 2.45) is 0 Å². The third-order valence-corrected chi connectivity index (χ3v) is 2.51. The van der Waals surface area contributed by atoms with Crippen LogP contribution in [-0.4, -0.2) is 41.3 Å². The Balaban J connectivity index is 2.52. The lowest BCUT2D eigenvalue weighted by Gasteiger charge is -2.13. The van der Waals surface area contributed by atoms with E-state index in [1.807, 2.05) is 26.0 Å². The van der Waals surface area contributed by atoms with E-state index in [9.17, 15) is 9.59 Å². The molecule has 0 fully saturated rings. The lowest BCUT2D eigenvalue weighted by Crippen LogP contribution is -2.45. The van der Waals surface area contributed by atoms with Crippen LogP contribution in [0.5, 0.6) is 5.75 Å². The molecule has 0 bridgehead atoms. The molecule has 6 heteroatoms. The molecule has 0 aliphatic rings. The number of hydrogen-bond acceptors (Lipinski definition) is 4. The Kier molecular flexibility index (Phi) is 5.32. The predicted octanol–water partition coefficient (Wildman–Crippen LogP) is 0.244. The topological polar surface area (TPSA) is 95.9 Å². The second-order valence-electron chi connectivity index (χ2n) is 4.20. The van der Waals surface area contributed by atoms with Gasteiger partial charge in [-0.15, -0.1) is 0 Å². The van der Waals surface area contributed by atoms with Crippen molar-refractivity contribution in [1.29, 1.82) is 0 Å². The summed E-state index contributed by atoms with van der Waals surface area (Å²) in [6.45, 7) is 2.84. The zero-order chi connectivity index (χ0) is 14.4. The number of benzene rings is 1. The number of rotatable bonds is 6. The maximum absolute atomic E-state index is 11.5. The monoisotopic (exact) mass is 267 g/mol. The van der Waals surface area contributed by atoms with Crippen LogP contribution in [0.1, 0.15) is 11.1 Å². The van der Waals surface area contributed by atoms with Crippen molar-refractivity contribution in [3.8, 4) is 5.75 Å². The maximum Gasteiger partial charge on any atom is 0.328 e. The molecule has 3 N–H and O–H groups in total. The Morgan fingerprint density at radius 2 is 2.05 bits per heavy atom. The van der Waals surface area contributed by atoms with Gasteiger partial charge in [-0.25, -0.2) is 4.79 Å². The van der Waals surface area contributed by atoms with Gasteiger partial charge in [-0.3, -0.25) is 4.79 Å². The number of aliphatic hydroxyl groups is 1. The molecule has 1 amide bonds. The molecular formula is C13H17NO5. The number of carbonyl (C=O) groups is 2. The van der Waals surface area contributed by atoms with E-state index in [0.717, 1.165) is 11.1 Å². The molecule has 0 aliphatic heterocycles. The number of carboxylic acid groups (broad SMARTS) is 1. The van der Waals surface area contributed by atoms with Gasteiger partial charge in [0.15, 0.2) is 6.61 Å². The third kappa shape index (κ3) is 4.59. The molecule has 0 aliphatic carbocycles. The van der Waals surface area contributed by atoms with Gasteiger partial charge >= 0.3 is 5.97 Å². The largest absolute Gasteiger partial charge is 0.484 e. The number of aryl methyl sites for hydroxylation is 2. The van der Waals surface area contributed by atoms with Crippen molar-refractivity contribution in [3.05, 3.63) is 29.3 Å². The second kappa shape index (κ2) is 6.75. The van der Waals surface area contributed by atoms with Crippen LogP contribution in [0.4, 0.5) is 0 Å². The quantitative estimate of drug-likeness (QED) is 0.686. The third-order valence-electron chi connectivity index (χ3n) is 2.51. The van der Waals surface area contributed by atoms with Gasteiger partial charge < -0.3 is 20.3 Å². The molecule has 1 atom stereocenters. The predicted molar refractivity (Wildman–Crippen MR) is 68.1 cm³/mol. The first-order valence-electron chi connectivity index (χ1n) is 5.77. The van der Waals surface area contributed by atoms with E-state index < -0.39 is 24.5 Å². The summed E-state index contributed by atoms with van der Waals surface area (Å²) in [6, 6.07) is 4.21. The molecule has 0 aromatic heterocycles. The fourth-order valence-corrected chi connectivity index (χ4v) is 1.53. The zero-order valence-electron chi connectivity index (χ0n) is 10.8. The molecule has 1 rings (SSSR count). The molecule has 1 aromatic rings. The maximum atomic E-state index is 11.5. The van der Waals surface area contributed by atoms with E-state index in [1.165, 1.54) is 0 Å². The lowest BCUT2D eigenvalue weighted by atomic mass is 10.1. The van der Waals surface area contributed by atoms with E-state index in [4.69, 9.17) is 14.9 Å². The Morgan fingerprint density at radius 1 is 1.37 bits per heavy atom. The molecule has 0 radical (unpaired) electrons. The van der Waals surface area contributed by atoms with Crippen molar-refractivity contribution in [1.82, 2.24) is 5.32 Å². The second-order valence-corrected chi connectivity index (χ2v) is 4.20. The van der Waals surface area contributed by atoms with Gasteiger partial charge in [0.2, 0.25) is 0 Å². The highest BCUT2D eigenvalue weighted by Crippen LogP contribution is 2.18. The number of carbonyl (C=O) groups excluding carboxylic acids is 1. The Labute approximate surface area is 111 Å². The van der Waals surface area contributed by atoms with Crippen LogP contribution in [0.2, 0.25) is 0 Å². The Morgan fingerprint density at radius 3 is 2.58 bits per heavy atom. The first-order valence-corrected chi connectivity index (χ1v) is 5.77. The number of hydrogen-bond donors (Lipinski definition) is 3. The van der Waals surface area contributed by atoms with E-state index in [0.29, 0.717) is 5.75 Å². The summed E-state index contributed by atoms with van der Waals surface area (Å²) in [6.07, 6.45) is 0. The smallest absolute Gasteiger partial charge is 0.328 e. The van der Waals surface area contributed by atoms with Crippen LogP contribution in [0, 0.1) is 13.8 Å². The van der Waals surface area contributed by atoms with Crippen LogP contribution in [0.3, 0.4) is 0 Å². The van der Waals surface area contributed by atoms with Gasteiger partial charge in [0.1, 0.15) is 11.8 Å². The average Bonchev–Trinajstić information content (AvgIpc) is 2.34. The summed E-state index contributed by atoms with van der Waals surface area (Å²) in [5.41, 5.74) is 1.98. The van der Waals surface area contributed by atoms with Crippen molar-refractivity contribution in [2.45, 2.75) is 19.9 Å². The summed E-state index contributed by atoms with van der Waals surface area (Å²) >= 11 is 0. The highest BCUT2D eigenvalue weighted by molar-refractivity contribution is 5.84. The molecule has 6 nitrogen and oxygen atoms in total. The zero-order valence-corrected chi connectivity index (χ0v) is 10.8. The minimum Gasteiger partial charge on any atom is -0.484 e. The molecule has 0 saturated heterocycles. The lowest BCUT2D eigenvalue weighted by molar-refractivity contribution is -0.143. The standard InChI is InChI=1S/C13H17NO5/c1-8-3-4-11(9(2)5-8)19-7-12(16)14-10(6-15)13(17)18/h3-5,10,15H,6-7H2,1-2H3,(H,14,16)(H,17,18)/t10-/m0/s1. The molecule has 19 heavy (non-hydrogen) atoms. The van der Waals surface area contributed by atoms with Crippen molar-refractivity contribution in [3.63, 3.8) is 0 Å². The fraction of sp³-hybridized carbons (Fsp3) is 0.385. The highest BCUT2D eigenvalue weighted by Gasteiger charge is 2.18. The van der Waals surface area contributed by atoms with Gasteiger partial charge in [-0.2, -0.15) is 0 Å². The minimum atomic E-state index is -1.31. The number of carboxylic acids is 1. The van der Waals surface area contributed by atoms with Crippen LogP contribution in [0.25, 0.3) is 0 Å². The SMILES string of the molecule is Cc1ccc(OCC(=O)N[C@@H](CO)C(=O)O)c(C)c1. The number of ether oxygens (including phenoxy) is 1. The molecule has 0 saturated carbocycles. The van der Waals surface area contributed by atoms with E-state index in [1.54, 1.807) is 6.07 Å². The van der Waals surface area contributed by atoms with Crippen molar-refractivity contribution < 1.29 is 24.5 Å². The van der Waals surface area contributed by atoms with Crippen molar-refractivity contribution in [2.75, 3.05) is 13.2 Å².